The summed E-state index contributed by atoms with van der Waals surface area (Å²) in [5.41, 5.74) is 0. The second kappa shape index (κ2) is 6.18. The van der Waals surface area contributed by atoms with Crippen LogP contribution in [-0.2, 0) is 9.53 Å². The van der Waals surface area contributed by atoms with Crippen LogP contribution < -0.4 is 0 Å². The fourth-order valence-corrected chi connectivity index (χ4v) is 2.33. The number of carbonyl (C=O) groups excluding carboxylic acids is 1. The van der Waals surface area contributed by atoms with E-state index in [2.05, 4.69) is 0 Å². The maximum Gasteiger partial charge on any atom is 0.161 e. The van der Waals surface area contributed by atoms with E-state index in [0.29, 0.717) is 11.7 Å². The van der Waals surface area contributed by atoms with Crippen LogP contribution in [0.25, 0.3) is 0 Å². The standard InChI is InChI=1S/C12H22O2/c1-3-12(14-2)11(13)9-10-7-5-4-6-8-10/h10,12H,3-9H2,1-2H3. The molecule has 1 aliphatic carbocycles. The van der Waals surface area contributed by atoms with Gasteiger partial charge in [-0.25, -0.2) is 0 Å². The molecule has 0 spiro atoms. The average Bonchev–Trinajstić information content (AvgIpc) is 2.21. The van der Waals surface area contributed by atoms with Gasteiger partial charge in [-0.3, -0.25) is 4.79 Å². The van der Waals surface area contributed by atoms with E-state index in [-0.39, 0.29) is 6.10 Å². The van der Waals surface area contributed by atoms with Gasteiger partial charge in [-0.05, 0) is 12.3 Å². The van der Waals surface area contributed by atoms with Gasteiger partial charge in [-0.2, -0.15) is 0 Å². The fraction of sp³-hybridized carbons (Fsp3) is 0.917. The zero-order chi connectivity index (χ0) is 10.4. The molecule has 1 aliphatic rings. The molecule has 14 heavy (non-hydrogen) atoms. The Kier molecular flexibility index (Phi) is 5.16. The van der Waals surface area contributed by atoms with Crippen molar-refractivity contribution in [3.63, 3.8) is 0 Å². The van der Waals surface area contributed by atoms with Gasteiger partial charge >= 0.3 is 0 Å². The number of rotatable bonds is 5. The first kappa shape index (κ1) is 11.7. The van der Waals surface area contributed by atoms with Gasteiger partial charge in [0.2, 0.25) is 0 Å². The van der Waals surface area contributed by atoms with Crippen LogP contribution in [0.5, 0.6) is 0 Å². The molecule has 0 aromatic rings. The zero-order valence-corrected chi connectivity index (χ0v) is 9.42. The van der Waals surface area contributed by atoms with Gasteiger partial charge in [0.05, 0.1) is 0 Å². The van der Waals surface area contributed by atoms with Gasteiger partial charge in [0, 0.05) is 13.5 Å². The SMILES string of the molecule is CCC(OC)C(=O)CC1CCCCC1. The molecule has 1 saturated carbocycles. The van der Waals surface area contributed by atoms with Crippen LogP contribution in [0, 0.1) is 5.92 Å². The summed E-state index contributed by atoms with van der Waals surface area (Å²) >= 11 is 0. The summed E-state index contributed by atoms with van der Waals surface area (Å²) < 4.78 is 5.15. The molecule has 1 rings (SSSR count). The van der Waals surface area contributed by atoms with Gasteiger partial charge in [0.15, 0.2) is 5.78 Å². The second-order valence-electron chi connectivity index (χ2n) is 4.31. The van der Waals surface area contributed by atoms with E-state index in [1.165, 1.54) is 32.1 Å². The normalized spacial score (nSPS) is 20.7. The van der Waals surface area contributed by atoms with Crippen molar-refractivity contribution in [1.29, 1.82) is 0 Å². The highest BCUT2D eigenvalue weighted by atomic mass is 16.5. The zero-order valence-electron chi connectivity index (χ0n) is 9.42. The summed E-state index contributed by atoms with van der Waals surface area (Å²) in [4.78, 5) is 11.7. The van der Waals surface area contributed by atoms with E-state index in [4.69, 9.17) is 4.74 Å². The smallest absolute Gasteiger partial charge is 0.161 e. The van der Waals surface area contributed by atoms with Crippen molar-refractivity contribution in [2.75, 3.05) is 7.11 Å². The minimum Gasteiger partial charge on any atom is -0.374 e. The number of carbonyl (C=O) groups is 1. The Hall–Kier alpha value is -0.370. The van der Waals surface area contributed by atoms with Crippen molar-refractivity contribution in [3.8, 4) is 0 Å². The number of ether oxygens (including phenoxy) is 1. The predicted molar refractivity (Wildman–Crippen MR) is 57.3 cm³/mol. The fourth-order valence-electron chi connectivity index (χ4n) is 2.33. The summed E-state index contributed by atoms with van der Waals surface area (Å²) in [6, 6.07) is 0. The topological polar surface area (TPSA) is 26.3 Å². The Morgan fingerprint density at radius 2 is 2.00 bits per heavy atom. The molecule has 82 valence electrons. The monoisotopic (exact) mass is 198 g/mol. The second-order valence-corrected chi connectivity index (χ2v) is 4.31. The summed E-state index contributed by atoms with van der Waals surface area (Å²) in [6.07, 6.45) is 7.85. The van der Waals surface area contributed by atoms with Gasteiger partial charge in [0.1, 0.15) is 6.10 Å². The minimum atomic E-state index is -0.156. The van der Waals surface area contributed by atoms with E-state index in [1.807, 2.05) is 6.92 Å². The average molecular weight is 198 g/mol. The van der Waals surface area contributed by atoms with Crippen LogP contribution in [0.2, 0.25) is 0 Å². The minimum absolute atomic E-state index is 0.156. The molecule has 2 nitrogen and oxygen atoms in total. The molecule has 0 saturated heterocycles. The Balaban J connectivity index is 2.30. The number of Topliss-reactive ketones (excluding diaryl/α,β-unsaturated/α-hetero) is 1. The van der Waals surface area contributed by atoms with E-state index in [0.717, 1.165) is 12.8 Å². The van der Waals surface area contributed by atoms with Crippen LogP contribution in [0.4, 0.5) is 0 Å². The van der Waals surface area contributed by atoms with Crippen LogP contribution in [-0.4, -0.2) is 19.0 Å². The first-order valence-electron chi connectivity index (χ1n) is 5.83. The van der Waals surface area contributed by atoms with Gasteiger partial charge in [-0.15, -0.1) is 0 Å². The van der Waals surface area contributed by atoms with Crippen LogP contribution in [0.15, 0.2) is 0 Å². The van der Waals surface area contributed by atoms with Crippen molar-refractivity contribution in [1.82, 2.24) is 0 Å². The molecule has 1 unspecified atom stereocenters. The number of hydrogen-bond donors (Lipinski definition) is 0. The third-order valence-electron chi connectivity index (χ3n) is 3.23. The lowest BCUT2D eigenvalue weighted by Gasteiger charge is -2.22. The molecule has 1 atom stereocenters. The third kappa shape index (κ3) is 3.41. The van der Waals surface area contributed by atoms with Crippen LogP contribution in [0.3, 0.4) is 0 Å². The molecule has 0 amide bonds. The van der Waals surface area contributed by atoms with Crippen LogP contribution in [0.1, 0.15) is 51.9 Å². The predicted octanol–water partition coefficient (Wildman–Crippen LogP) is 2.95. The molecule has 0 aromatic carbocycles. The molecule has 0 aliphatic heterocycles. The van der Waals surface area contributed by atoms with Gasteiger partial charge in [-0.1, -0.05) is 39.0 Å². The van der Waals surface area contributed by atoms with E-state index < -0.39 is 0 Å². The van der Waals surface area contributed by atoms with Gasteiger partial charge in [0.25, 0.3) is 0 Å². The molecule has 0 N–H and O–H groups in total. The number of hydrogen-bond acceptors (Lipinski definition) is 2. The molecule has 0 bridgehead atoms. The summed E-state index contributed by atoms with van der Waals surface area (Å²) in [6.45, 7) is 2.01. The number of methoxy groups -OCH3 is 1. The first-order valence-corrected chi connectivity index (χ1v) is 5.83. The quantitative estimate of drug-likeness (QED) is 0.679. The summed E-state index contributed by atoms with van der Waals surface area (Å²) in [5, 5.41) is 0. The molecular weight excluding hydrogens is 176 g/mol. The largest absolute Gasteiger partial charge is 0.374 e. The molecule has 0 aromatic heterocycles. The summed E-state index contributed by atoms with van der Waals surface area (Å²) in [7, 11) is 1.63. The van der Waals surface area contributed by atoms with Crippen LogP contribution >= 0.6 is 0 Å². The lowest BCUT2D eigenvalue weighted by molar-refractivity contribution is -0.130. The molecule has 0 heterocycles. The molecule has 1 fully saturated rings. The lowest BCUT2D eigenvalue weighted by Crippen LogP contribution is -2.25. The molecule has 0 radical (unpaired) electrons. The maximum atomic E-state index is 11.7. The Labute approximate surface area is 87.0 Å². The highest BCUT2D eigenvalue weighted by Crippen LogP contribution is 2.27. The lowest BCUT2D eigenvalue weighted by atomic mass is 9.85. The third-order valence-corrected chi connectivity index (χ3v) is 3.23. The van der Waals surface area contributed by atoms with Crippen molar-refractivity contribution in [3.05, 3.63) is 0 Å². The summed E-state index contributed by atoms with van der Waals surface area (Å²) in [5.74, 6) is 0.947. The van der Waals surface area contributed by atoms with Crippen molar-refractivity contribution < 1.29 is 9.53 Å². The Bertz CT molecular complexity index is 167. The Morgan fingerprint density at radius 1 is 1.36 bits per heavy atom. The highest BCUT2D eigenvalue weighted by Gasteiger charge is 2.21. The van der Waals surface area contributed by atoms with Crippen molar-refractivity contribution >= 4 is 5.78 Å². The molecule has 2 heteroatoms. The maximum absolute atomic E-state index is 11.7. The van der Waals surface area contributed by atoms with Crippen molar-refractivity contribution in [2.45, 2.75) is 58.0 Å². The van der Waals surface area contributed by atoms with E-state index in [1.54, 1.807) is 7.11 Å². The number of ketones is 1. The van der Waals surface area contributed by atoms with Crippen molar-refractivity contribution in [2.24, 2.45) is 5.92 Å². The van der Waals surface area contributed by atoms with E-state index in [9.17, 15) is 4.79 Å². The molecular formula is C12H22O2. The van der Waals surface area contributed by atoms with Gasteiger partial charge < -0.3 is 4.74 Å². The first-order chi connectivity index (χ1) is 6.77. The highest BCUT2D eigenvalue weighted by molar-refractivity contribution is 5.83. The van der Waals surface area contributed by atoms with E-state index >= 15 is 0 Å². The Morgan fingerprint density at radius 3 is 2.50 bits per heavy atom.